The van der Waals surface area contributed by atoms with Crippen LogP contribution in [0.3, 0.4) is 0 Å². The average Bonchev–Trinajstić information content (AvgIpc) is 2.42. The highest BCUT2D eigenvalue weighted by molar-refractivity contribution is 4.86. The monoisotopic (exact) mass is 268 g/mol. The lowest BCUT2D eigenvalue weighted by atomic mass is 9.69. The Labute approximate surface area is 119 Å². The van der Waals surface area contributed by atoms with E-state index in [0.717, 1.165) is 44.2 Å². The molecule has 19 heavy (non-hydrogen) atoms. The fraction of sp³-hybridized carbons (Fsp3) is 1.00. The van der Waals surface area contributed by atoms with Gasteiger partial charge >= 0.3 is 0 Å². The summed E-state index contributed by atoms with van der Waals surface area (Å²) in [5.74, 6) is 2.08. The number of hydrogen-bond donors (Lipinski definition) is 1. The van der Waals surface area contributed by atoms with Crippen LogP contribution in [-0.4, -0.2) is 51.3 Å². The molecule has 1 N–H and O–H groups in total. The topological polar surface area (TPSA) is 24.5 Å². The predicted octanol–water partition coefficient (Wildman–Crippen LogP) is 2.51. The van der Waals surface area contributed by atoms with Crippen molar-refractivity contribution in [3.8, 4) is 0 Å². The van der Waals surface area contributed by atoms with Crippen LogP contribution in [-0.2, 0) is 4.74 Å². The summed E-state index contributed by atoms with van der Waals surface area (Å²) in [6, 6.07) is 0.761. The van der Waals surface area contributed by atoms with E-state index in [9.17, 15) is 0 Å². The minimum absolute atomic E-state index is 0.761. The van der Waals surface area contributed by atoms with Gasteiger partial charge in [-0.15, -0.1) is 0 Å². The maximum Gasteiger partial charge on any atom is 0.0593 e. The molecule has 0 spiro atoms. The maximum atomic E-state index is 5.64. The van der Waals surface area contributed by atoms with Crippen LogP contribution in [0.5, 0.6) is 0 Å². The summed E-state index contributed by atoms with van der Waals surface area (Å²) in [6.45, 7) is 3.76. The molecule has 0 amide bonds. The van der Waals surface area contributed by atoms with E-state index in [2.05, 4.69) is 24.3 Å². The van der Waals surface area contributed by atoms with Crippen molar-refractivity contribution in [2.24, 2.45) is 11.8 Å². The number of nitrogens with one attached hydrogen (secondary N) is 1. The van der Waals surface area contributed by atoms with Crippen LogP contribution in [0.2, 0.25) is 0 Å². The molecule has 0 aliphatic heterocycles. The molecule has 2 aliphatic rings. The van der Waals surface area contributed by atoms with E-state index in [1.165, 1.54) is 44.9 Å². The molecule has 2 saturated carbocycles. The minimum atomic E-state index is 0.761. The largest absolute Gasteiger partial charge is 0.379 e. The molecule has 2 fully saturated rings. The van der Waals surface area contributed by atoms with Crippen molar-refractivity contribution in [3.05, 3.63) is 0 Å². The summed E-state index contributed by atoms with van der Waals surface area (Å²) in [5, 5.41) is 3.70. The SMILES string of the molecule is CN(C)CCOCCNC1CCC2CCCCC2C1. The third kappa shape index (κ3) is 5.41. The summed E-state index contributed by atoms with van der Waals surface area (Å²) in [4.78, 5) is 2.16. The molecule has 3 atom stereocenters. The molecule has 3 unspecified atom stereocenters. The predicted molar refractivity (Wildman–Crippen MR) is 80.5 cm³/mol. The van der Waals surface area contributed by atoms with Crippen molar-refractivity contribution in [2.45, 2.75) is 51.0 Å². The van der Waals surface area contributed by atoms with Gasteiger partial charge in [0.25, 0.3) is 0 Å². The highest BCUT2D eigenvalue weighted by Crippen LogP contribution is 2.40. The smallest absolute Gasteiger partial charge is 0.0593 e. The molecular weight excluding hydrogens is 236 g/mol. The summed E-state index contributed by atoms with van der Waals surface area (Å²) in [6.07, 6.45) is 10.2. The van der Waals surface area contributed by atoms with Gasteiger partial charge in [-0.05, 0) is 45.2 Å². The van der Waals surface area contributed by atoms with E-state index in [0.29, 0.717) is 0 Å². The first-order valence-electron chi connectivity index (χ1n) is 8.21. The van der Waals surface area contributed by atoms with E-state index in [-0.39, 0.29) is 0 Å². The van der Waals surface area contributed by atoms with Crippen molar-refractivity contribution < 1.29 is 4.74 Å². The van der Waals surface area contributed by atoms with Gasteiger partial charge < -0.3 is 15.0 Å². The van der Waals surface area contributed by atoms with Crippen LogP contribution >= 0.6 is 0 Å². The molecule has 2 aliphatic carbocycles. The quantitative estimate of drug-likeness (QED) is 0.718. The summed E-state index contributed by atoms with van der Waals surface area (Å²) >= 11 is 0. The Hall–Kier alpha value is -0.120. The molecule has 112 valence electrons. The Morgan fingerprint density at radius 2 is 1.79 bits per heavy atom. The zero-order valence-corrected chi connectivity index (χ0v) is 12.9. The van der Waals surface area contributed by atoms with Crippen LogP contribution in [0, 0.1) is 11.8 Å². The molecule has 2 rings (SSSR count). The number of nitrogens with zero attached hydrogens (tertiary/aromatic N) is 1. The second-order valence-electron chi connectivity index (χ2n) is 6.68. The fourth-order valence-electron chi connectivity index (χ4n) is 3.74. The van der Waals surface area contributed by atoms with Gasteiger partial charge in [-0.3, -0.25) is 0 Å². The van der Waals surface area contributed by atoms with Crippen molar-refractivity contribution in [2.75, 3.05) is 40.4 Å². The first kappa shape index (κ1) is 15.3. The molecule has 3 nitrogen and oxygen atoms in total. The highest BCUT2D eigenvalue weighted by Gasteiger charge is 2.31. The molecule has 0 aromatic rings. The zero-order valence-electron chi connectivity index (χ0n) is 12.9. The van der Waals surface area contributed by atoms with Crippen LogP contribution in [0.1, 0.15) is 44.9 Å². The zero-order chi connectivity index (χ0) is 13.5. The number of likely N-dealkylation sites (N-methyl/N-ethyl adjacent to an activating group) is 1. The van der Waals surface area contributed by atoms with E-state index in [1.54, 1.807) is 0 Å². The van der Waals surface area contributed by atoms with E-state index >= 15 is 0 Å². The van der Waals surface area contributed by atoms with Gasteiger partial charge in [0.05, 0.1) is 13.2 Å². The van der Waals surface area contributed by atoms with Gasteiger partial charge in [-0.25, -0.2) is 0 Å². The van der Waals surface area contributed by atoms with Gasteiger partial charge in [0.15, 0.2) is 0 Å². The molecule has 0 radical (unpaired) electrons. The Bertz CT molecular complexity index is 245. The first-order valence-corrected chi connectivity index (χ1v) is 8.21. The van der Waals surface area contributed by atoms with Gasteiger partial charge in [-0.1, -0.05) is 25.7 Å². The summed E-state index contributed by atoms with van der Waals surface area (Å²) in [5.41, 5.74) is 0. The lowest BCUT2D eigenvalue weighted by Gasteiger charge is -2.39. The van der Waals surface area contributed by atoms with Gasteiger partial charge in [0.2, 0.25) is 0 Å². The number of ether oxygens (including phenoxy) is 1. The lowest BCUT2D eigenvalue weighted by Crippen LogP contribution is -2.40. The van der Waals surface area contributed by atoms with Crippen molar-refractivity contribution in [1.82, 2.24) is 10.2 Å². The van der Waals surface area contributed by atoms with Crippen LogP contribution < -0.4 is 5.32 Å². The van der Waals surface area contributed by atoms with Crippen molar-refractivity contribution in [1.29, 1.82) is 0 Å². The maximum absolute atomic E-state index is 5.64. The van der Waals surface area contributed by atoms with Gasteiger partial charge in [0, 0.05) is 19.1 Å². The van der Waals surface area contributed by atoms with Gasteiger partial charge in [0.1, 0.15) is 0 Å². The molecular formula is C16H32N2O. The van der Waals surface area contributed by atoms with Crippen LogP contribution in [0.4, 0.5) is 0 Å². The van der Waals surface area contributed by atoms with Crippen LogP contribution in [0.25, 0.3) is 0 Å². The molecule has 0 aromatic carbocycles. The highest BCUT2D eigenvalue weighted by atomic mass is 16.5. The normalized spacial score (nSPS) is 31.4. The first-order chi connectivity index (χ1) is 9.25. The number of hydrogen-bond acceptors (Lipinski definition) is 3. The lowest BCUT2D eigenvalue weighted by molar-refractivity contribution is 0.107. The van der Waals surface area contributed by atoms with Crippen LogP contribution in [0.15, 0.2) is 0 Å². The fourth-order valence-corrected chi connectivity index (χ4v) is 3.74. The Kier molecular flexibility index (Phi) is 6.62. The van der Waals surface area contributed by atoms with Crippen molar-refractivity contribution in [3.63, 3.8) is 0 Å². The minimum Gasteiger partial charge on any atom is -0.379 e. The third-order valence-electron chi connectivity index (χ3n) is 4.90. The third-order valence-corrected chi connectivity index (χ3v) is 4.90. The second kappa shape index (κ2) is 8.23. The molecule has 3 heteroatoms. The Balaban J connectivity index is 1.52. The second-order valence-corrected chi connectivity index (χ2v) is 6.68. The Morgan fingerprint density at radius 3 is 2.58 bits per heavy atom. The number of rotatable bonds is 7. The Morgan fingerprint density at radius 1 is 1.00 bits per heavy atom. The summed E-state index contributed by atoms with van der Waals surface area (Å²) in [7, 11) is 4.18. The van der Waals surface area contributed by atoms with Gasteiger partial charge in [-0.2, -0.15) is 0 Å². The average molecular weight is 268 g/mol. The molecule has 0 bridgehead atoms. The number of fused-ring (bicyclic) bond motifs is 1. The van der Waals surface area contributed by atoms with E-state index < -0.39 is 0 Å². The standard InChI is InChI=1S/C16H32N2O/c1-18(2)10-12-19-11-9-17-16-8-7-14-5-3-4-6-15(14)13-16/h14-17H,3-13H2,1-2H3. The molecule has 0 heterocycles. The summed E-state index contributed by atoms with van der Waals surface area (Å²) < 4.78 is 5.64. The molecule has 0 saturated heterocycles. The van der Waals surface area contributed by atoms with E-state index in [4.69, 9.17) is 4.74 Å². The molecule has 0 aromatic heterocycles. The van der Waals surface area contributed by atoms with Crippen molar-refractivity contribution >= 4 is 0 Å². The van der Waals surface area contributed by atoms with E-state index in [1.807, 2.05) is 0 Å².